The van der Waals surface area contributed by atoms with Gasteiger partial charge >= 0.3 is 0 Å². The molecule has 0 atom stereocenters. The Morgan fingerprint density at radius 3 is 2.43 bits per heavy atom. The topological polar surface area (TPSA) is 23.6 Å². The number of amides is 1. The predicted molar refractivity (Wildman–Crippen MR) is 60.0 cm³/mol. The Balaban J connectivity index is 0.000000791. The highest BCUT2D eigenvalue weighted by Crippen LogP contribution is 2.10. The van der Waals surface area contributed by atoms with Crippen LogP contribution in [0, 0.1) is 0 Å². The molecule has 3 nitrogen and oxygen atoms in total. The first-order chi connectivity index (χ1) is 6.65. The quantitative estimate of drug-likeness (QED) is 0.640. The summed E-state index contributed by atoms with van der Waals surface area (Å²) in [6, 6.07) is 0. The number of likely N-dealkylation sites (N-methyl/N-ethyl adjacent to an activating group) is 1. The number of hydrogen-bond acceptors (Lipinski definition) is 2. The molecule has 1 heterocycles. The lowest BCUT2D eigenvalue weighted by Gasteiger charge is -2.34. The van der Waals surface area contributed by atoms with Gasteiger partial charge in [-0.3, -0.25) is 9.69 Å². The monoisotopic (exact) mass is 198 g/mol. The van der Waals surface area contributed by atoms with Gasteiger partial charge in [0.1, 0.15) is 0 Å². The van der Waals surface area contributed by atoms with Crippen molar-refractivity contribution in [2.45, 2.75) is 27.2 Å². The molecule has 0 aliphatic carbocycles. The van der Waals surface area contributed by atoms with Gasteiger partial charge in [-0.05, 0) is 7.05 Å². The second-order valence-corrected chi connectivity index (χ2v) is 3.20. The normalized spacial score (nSPS) is 17.4. The molecule has 0 radical (unpaired) electrons. The lowest BCUT2D eigenvalue weighted by Crippen LogP contribution is -2.44. The van der Waals surface area contributed by atoms with Crippen LogP contribution in [-0.2, 0) is 4.79 Å². The van der Waals surface area contributed by atoms with E-state index in [-0.39, 0.29) is 5.91 Å². The fourth-order valence-electron chi connectivity index (χ4n) is 1.40. The molecule has 0 spiro atoms. The highest BCUT2D eigenvalue weighted by Gasteiger charge is 2.20. The molecule has 1 amide bonds. The van der Waals surface area contributed by atoms with Gasteiger partial charge in [-0.1, -0.05) is 27.4 Å². The van der Waals surface area contributed by atoms with E-state index in [0.717, 1.165) is 25.3 Å². The first-order valence-corrected chi connectivity index (χ1v) is 5.32. The van der Waals surface area contributed by atoms with Gasteiger partial charge in [0.15, 0.2) is 0 Å². The van der Waals surface area contributed by atoms with Crippen molar-refractivity contribution in [1.82, 2.24) is 9.80 Å². The van der Waals surface area contributed by atoms with Crippen molar-refractivity contribution in [2.75, 3.05) is 26.7 Å². The third kappa shape index (κ3) is 3.50. The third-order valence-corrected chi connectivity index (χ3v) is 2.14. The summed E-state index contributed by atoms with van der Waals surface area (Å²) in [6.07, 6.45) is 0.572. The van der Waals surface area contributed by atoms with E-state index in [1.54, 1.807) is 4.90 Å². The van der Waals surface area contributed by atoms with Gasteiger partial charge in [0, 0.05) is 31.8 Å². The maximum atomic E-state index is 11.3. The Kier molecular flexibility index (Phi) is 6.21. The minimum absolute atomic E-state index is 0.188. The van der Waals surface area contributed by atoms with Gasteiger partial charge in [0.05, 0.1) is 0 Å². The van der Waals surface area contributed by atoms with Crippen molar-refractivity contribution in [3.63, 3.8) is 0 Å². The number of hydrogen-bond donors (Lipinski definition) is 0. The van der Waals surface area contributed by atoms with E-state index < -0.39 is 0 Å². The third-order valence-electron chi connectivity index (χ3n) is 2.14. The largest absolute Gasteiger partial charge is 0.314 e. The van der Waals surface area contributed by atoms with E-state index >= 15 is 0 Å². The van der Waals surface area contributed by atoms with Crippen LogP contribution in [0.25, 0.3) is 0 Å². The highest BCUT2D eigenvalue weighted by molar-refractivity contribution is 5.77. The number of piperazine rings is 1. The molecule has 0 aromatic carbocycles. The van der Waals surface area contributed by atoms with Crippen molar-refractivity contribution in [3.05, 3.63) is 12.3 Å². The summed E-state index contributed by atoms with van der Waals surface area (Å²) in [4.78, 5) is 15.3. The van der Waals surface area contributed by atoms with Crippen LogP contribution in [0.1, 0.15) is 27.2 Å². The second-order valence-electron chi connectivity index (χ2n) is 3.20. The lowest BCUT2D eigenvalue weighted by atomic mass is 10.2. The predicted octanol–water partition coefficient (Wildman–Crippen LogP) is 1.71. The Hall–Kier alpha value is -0.830. The van der Waals surface area contributed by atoms with Crippen LogP contribution in [0.5, 0.6) is 0 Å². The van der Waals surface area contributed by atoms with Crippen molar-refractivity contribution < 1.29 is 4.79 Å². The summed E-state index contributed by atoms with van der Waals surface area (Å²) in [5, 5.41) is 0. The fraction of sp³-hybridized carbons (Fsp3) is 0.727. The van der Waals surface area contributed by atoms with Gasteiger partial charge in [-0.2, -0.15) is 0 Å². The molecular weight excluding hydrogens is 176 g/mol. The van der Waals surface area contributed by atoms with E-state index in [4.69, 9.17) is 0 Å². The van der Waals surface area contributed by atoms with E-state index in [0.29, 0.717) is 6.42 Å². The summed E-state index contributed by atoms with van der Waals surface area (Å²) >= 11 is 0. The zero-order valence-electron chi connectivity index (χ0n) is 9.84. The molecule has 0 saturated carbocycles. The summed E-state index contributed by atoms with van der Waals surface area (Å²) < 4.78 is 0. The summed E-state index contributed by atoms with van der Waals surface area (Å²) in [6.45, 7) is 12.3. The highest BCUT2D eigenvalue weighted by atomic mass is 16.2. The molecule has 3 heteroatoms. The van der Waals surface area contributed by atoms with E-state index in [1.165, 1.54) is 0 Å². The maximum Gasteiger partial charge on any atom is 0.226 e. The molecule has 0 bridgehead atoms. The SMILES string of the molecule is C=C1CN(C)CCN1C(=O)CC.CC. The Morgan fingerprint density at radius 2 is 2.00 bits per heavy atom. The number of rotatable bonds is 1. The smallest absolute Gasteiger partial charge is 0.226 e. The van der Waals surface area contributed by atoms with E-state index in [2.05, 4.69) is 11.5 Å². The Bertz CT molecular complexity index is 201. The van der Waals surface area contributed by atoms with Gasteiger partial charge < -0.3 is 4.90 Å². The number of nitrogens with zero attached hydrogens (tertiary/aromatic N) is 2. The van der Waals surface area contributed by atoms with Crippen LogP contribution < -0.4 is 0 Å². The molecule has 1 rings (SSSR count). The summed E-state index contributed by atoms with van der Waals surface area (Å²) in [5.41, 5.74) is 0.926. The van der Waals surface area contributed by atoms with Crippen LogP contribution in [-0.4, -0.2) is 42.4 Å². The standard InChI is InChI=1S/C9H16N2O.C2H6/c1-4-9(12)11-6-5-10(3)7-8(11)2;1-2/h2,4-7H2,1,3H3;1-2H3. The van der Waals surface area contributed by atoms with Crippen LogP contribution in [0.15, 0.2) is 12.3 Å². The van der Waals surface area contributed by atoms with E-state index in [9.17, 15) is 4.79 Å². The van der Waals surface area contributed by atoms with Crippen molar-refractivity contribution in [1.29, 1.82) is 0 Å². The van der Waals surface area contributed by atoms with Crippen LogP contribution in [0.2, 0.25) is 0 Å². The van der Waals surface area contributed by atoms with Gasteiger partial charge in [0.25, 0.3) is 0 Å². The Labute approximate surface area is 87.4 Å². The number of carbonyl (C=O) groups excluding carboxylic acids is 1. The molecule has 14 heavy (non-hydrogen) atoms. The van der Waals surface area contributed by atoms with Gasteiger partial charge in [0.2, 0.25) is 5.91 Å². The van der Waals surface area contributed by atoms with Crippen molar-refractivity contribution >= 4 is 5.91 Å². The first kappa shape index (κ1) is 13.2. The molecule has 1 aliphatic rings. The molecule has 0 aromatic rings. The van der Waals surface area contributed by atoms with Gasteiger partial charge in [-0.15, -0.1) is 0 Å². The van der Waals surface area contributed by atoms with E-state index in [1.807, 2.05) is 27.8 Å². The molecular formula is C11H22N2O. The maximum absolute atomic E-state index is 11.3. The second kappa shape index (κ2) is 6.60. The lowest BCUT2D eigenvalue weighted by molar-refractivity contribution is -0.130. The van der Waals surface area contributed by atoms with Crippen LogP contribution in [0.3, 0.4) is 0 Å². The number of carbonyl (C=O) groups is 1. The average Bonchev–Trinajstić information content (AvgIpc) is 2.20. The van der Waals surface area contributed by atoms with Gasteiger partial charge in [-0.25, -0.2) is 0 Å². The molecule has 0 aromatic heterocycles. The minimum atomic E-state index is 0.188. The van der Waals surface area contributed by atoms with Crippen molar-refractivity contribution in [2.24, 2.45) is 0 Å². The molecule has 1 aliphatic heterocycles. The molecule has 1 saturated heterocycles. The van der Waals surface area contributed by atoms with Crippen LogP contribution >= 0.6 is 0 Å². The molecule has 0 unspecified atom stereocenters. The van der Waals surface area contributed by atoms with Crippen LogP contribution in [0.4, 0.5) is 0 Å². The molecule has 82 valence electrons. The zero-order chi connectivity index (χ0) is 11.1. The zero-order valence-corrected chi connectivity index (χ0v) is 9.84. The fourth-order valence-corrected chi connectivity index (χ4v) is 1.40. The first-order valence-electron chi connectivity index (χ1n) is 5.32. The molecule has 0 N–H and O–H groups in total. The summed E-state index contributed by atoms with van der Waals surface area (Å²) in [7, 11) is 2.04. The molecule has 1 fully saturated rings. The Morgan fingerprint density at radius 1 is 1.43 bits per heavy atom. The minimum Gasteiger partial charge on any atom is -0.314 e. The average molecular weight is 198 g/mol. The van der Waals surface area contributed by atoms with Crippen molar-refractivity contribution in [3.8, 4) is 0 Å². The summed E-state index contributed by atoms with van der Waals surface area (Å²) in [5.74, 6) is 0.188.